The second-order valence-corrected chi connectivity index (χ2v) is 7.09. The highest BCUT2D eigenvalue weighted by molar-refractivity contribution is 5.25. The van der Waals surface area contributed by atoms with E-state index in [1.54, 1.807) is 0 Å². The molecule has 0 radical (unpaired) electrons. The summed E-state index contributed by atoms with van der Waals surface area (Å²) in [5, 5.41) is 0. The Kier molecular flexibility index (Phi) is 8.91. The minimum Gasteiger partial charge on any atom is -0.377 e. The molecule has 0 saturated heterocycles. The van der Waals surface area contributed by atoms with Gasteiger partial charge in [0.25, 0.3) is 0 Å². The summed E-state index contributed by atoms with van der Waals surface area (Å²) in [6, 6.07) is 9.16. The van der Waals surface area contributed by atoms with Gasteiger partial charge in [-0.25, -0.2) is 0 Å². The lowest BCUT2D eigenvalue weighted by Gasteiger charge is -2.28. The Morgan fingerprint density at radius 2 is 1.83 bits per heavy atom. The molecule has 1 saturated carbocycles. The quantitative estimate of drug-likeness (QED) is 0.339. The van der Waals surface area contributed by atoms with E-state index in [2.05, 4.69) is 49.9 Å². The monoisotopic (exact) mass is 326 g/mol. The van der Waals surface area contributed by atoms with Crippen LogP contribution in [0.4, 0.5) is 0 Å². The maximum Gasteiger partial charge on any atom is 0.0716 e. The molecule has 0 unspecified atom stereocenters. The van der Waals surface area contributed by atoms with E-state index in [0.29, 0.717) is 0 Å². The molecule has 1 aromatic rings. The fourth-order valence-electron chi connectivity index (χ4n) is 3.69. The Labute approximate surface area is 148 Å². The van der Waals surface area contributed by atoms with E-state index >= 15 is 0 Å². The third-order valence-electron chi connectivity index (χ3n) is 5.24. The topological polar surface area (TPSA) is 9.23 Å². The van der Waals surface area contributed by atoms with E-state index < -0.39 is 0 Å². The van der Waals surface area contributed by atoms with Crippen molar-refractivity contribution in [3.8, 4) is 0 Å². The largest absolute Gasteiger partial charge is 0.377 e. The van der Waals surface area contributed by atoms with Gasteiger partial charge in [-0.05, 0) is 81.3 Å². The molecular formula is C23H34O. The molecule has 0 bridgehead atoms. The molecule has 1 aromatic carbocycles. The van der Waals surface area contributed by atoms with Gasteiger partial charge in [0.2, 0.25) is 0 Å². The molecular weight excluding hydrogens is 292 g/mol. The molecule has 1 aliphatic carbocycles. The van der Waals surface area contributed by atoms with Crippen LogP contribution in [0.2, 0.25) is 0 Å². The first-order chi connectivity index (χ1) is 11.8. The predicted molar refractivity (Wildman–Crippen MR) is 104 cm³/mol. The second-order valence-electron chi connectivity index (χ2n) is 7.09. The van der Waals surface area contributed by atoms with Gasteiger partial charge in [0, 0.05) is 6.61 Å². The van der Waals surface area contributed by atoms with Crippen LogP contribution in [0.15, 0.2) is 49.1 Å². The van der Waals surface area contributed by atoms with E-state index in [0.717, 1.165) is 37.9 Å². The van der Waals surface area contributed by atoms with Crippen molar-refractivity contribution >= 4 is 0 Å². The molecule has 132 valence electrons. The number of unbranched alkanes of at least 4 members (excludes halogenated alkanes) is 1. The summed E-state index contributed by atoms with van der Waals surface area (Å²) in [5.41, 5.74) is 2.81. The Morgan fingerprint density at radius 1 is 1.08 bits per heavy atom. The lowest BCUT2D eigenvalue weighted by Crippen LogP contribution is -2.13. The smallest absolute Gasteiger partial charge is 0.0716 e. The van der Waals surface area contributed by atoms with Gasteiger partial charge in [-0.3, -0.25) is 0 Å². The number of ether oxygens (including phenoxy) is 1. The van der Waals surface area contributed by atoms with Crippen LogP contribution in [-0.2, 0) is 11.3 Å². The van der Waals surface area contributed by atoms with Crippen molar-refractivity contribution in [2.75, 3.05) is 6.61 Å². The second kappa shape index (κ2) is 11.3. The normalized spacial score (nSPS) is 21.2. The molecule has 0 heterocycles. The average Bonchev–Trinajstić information content (AvgIpc) is 2.63. The van der Waals surface area contributed by atoms with Gasteiger partial charge in [-0.2, -0.15) is 0 Å². The van der Waals surface area contributed by atoms with Crippen LogP contribution < -0.4 is 0 Å². The summed E-state index contributed by atoms with van der Waals surface area (Å²) in [4.78, 5) is 0. The van der Waals surface area contributed by atoms with Crippen molar-refractivity contribution in [2.24, 2.45) is 5.92 Å². The minimum atomic E-state index is 0.731. The molecule has 1 heteroatoms. The van der Waals surface area contributed by atoms with Crippen LogP contribution in [-0.4, -0.2) is 6.61 Å². The summed E-state index contributed by atoms with van der Waals surface area (Å²) < 4.78 is 5.71. The van der Waals surface area contributed by atoms with Crippen LogP contribution >= 0.6 is 0 Å². The number of allylic oxidation sites excluding steroid dienone is 3. The van der Waals surface area contributed by atoms with Gasteiger partial charge < -0.3 is 4.74 Å². The zero-order chi connectivity index (χ0) is 17.0. The first-order valence-corrected chi connectivity index (χ1v) is 9.72. The molecule has 0 N–H and O–H groups in total. The molecule has 0 aliphatic heterocycles. The third-order valence-corrected chi connectivity index (χ3v) is 5.24. The predicted octanol–water partition coefficient (Wildman–Crippen LogP) is 6.80. The van der Waals surface area contributed by atoms with Crippen molar-refractivity contribution in [2.45, 2.75) is 70.8 Å². The van der Waals surface area contributed by atoms with E-state index in [1.807, 2.05) is 6.08 Å². The first-order valence-electron chi connectivity index (χ1n) is 9.72. The van der Waals surface area contributed by atoms with Gasteiger partial charge >= 0.3 is 0 Å². The third kappa shape index (κ3) is 6.65. The van der Waals surface area contributed by atoms with Gasteiger partial charge in [-0.1, -0.05) is 42.5 Å². The van der Waals surface area contributed by atoms with Crippen LogP contribution in [0.5, 0.6) is 0 Å². The van der Waals surface area contributed by atoms with Gasteiger partial charge in [0.05, 0.1) is 6.61 Å². The fraction of sp³-hybridized carbons (Fsp3) is 0.565. The van der Waals surface area contributed by atoms with E-state index in [-0.39, 0.29) is 0 Å². The standard InChI is InChI=1S/C23H34O/c1-3-5-7-9-20-10-14-22(15-11-20)23-16-12-21(13-17-23)19-24-18-8-6-4-2/h3-5,12-13,16-17,20,22H,2,6-11,14-15,18-19H2,1H3. The average molecular weight is 327 g/mol. The van der Waals surface area contributed by atoms with Crippen LogP contribution in [0, 0.1) is 5.92 Å². The summed E-state index contributed by atoms with van der Waals surface area (Å²) in [6.45, 7) is 7.41. The number of benzene rings is 1. The van der Waals surface area contributed by atoms with Crippen LogP contribution in [0.3, 0.4) is 0 Å². The van der Waals surface area contributed by atoms with Gasteiger partial charge in [0.15, 0.2) is 0 Å². The number of rotatable bonds is 10. The summed E-state index contributed by atoms with van der Waals surface area (Å²) >= 11 is 0. The summed E-state index contributed by atoms with van der Waals surface area (Å²) in [5.74, 6) is 1.71. The molecule has 1 aliphatic rings. The Bertz CT molecular complexity index is 477. The molecule has 2 rings (SSSR count). The lowest BCUT2D eigenvalue weighted by atomic mass is 9.77. The van der Waals surface area contributed by atoms with E-state index in [4.69, 9.17) is 4.74 Å². The molecule has 0 amide bonds. The minimum absolute atomic E-state index is 0.731. The van der Waals surface area contributed by atoms with Crippen molar-refractivity contribution in [3.63, 3.8) is 0 Å². The van der Waals surface area contributed by atoms with E-state index in [1.165, 1.54) is 49.7 Å². The van der Waals surface area contributed by atoms with Gasteiger partial charge in [0.1, 0.15) is 0 Å². The lowest BCUT2D eigenvalue weighted by molar-refractivity contribution is 0.119. The van der Waals surface area contributed by atoms with Crippen molar-refractivity contribution in [3.05, 3.63) is 60.2 Å². The Hall–Kier alpha value is -1.34. The zero-order valence-electron chi connectivity index (χ0n) is 15.4. The maximum atomic E-state index is 5.71. The maximum absolute atomic E-state index is 5.71. The van der Waals surface area contributed by atoms with Crippen LogP contribution in [0.25, 0.3) is 0 Å². The fourth-order valence-corrected chi connectivity index (χ4v) is 3.69. The number of hydrogen-bond acceptors (Lipinski definition) is 1. The Balaban J connectivity index is 1.70. The molecule has 0 spiro atoms. The molecule has 0 atom stereocenters. The highest BCUT2D eigenvalue weighted by Gasteiger charge is 2.21. The molecule has 0 aromatic heterocycles. The zero-order valence-corrected chi connectivity index (χ0v) is 15.4. The Morgan fingerprint density at radius 3 is 2.50 bits per heavy atom. The highest BCUT2D eigenvalue weighted by atomic mass is 16.5. The van der Waals surface area contributed by atoms with Crippen molar-refractivity contribution in [1.82, 2.24) is 0 Å². The van der Waals surface area contributed by atoms with Gasteiger partial charge in [-0.15, -0.1) is 6.58 Å². The molecule has 24 heavy (non-hydrogen) atoms. The van der Waals surface area contributed by atoms with Crippen molar-refractivity contribution < 1.29 is 4.74 Å². The molecule has 1 nitrogen and oxygen atoms in total. The number of hydrogen-bond donors (Lipinski definition) is 0. The van der Waals surface area contributed by atoms with Crippen LogP contribution in [0.1, 0.15) is 75.3 Å². The summed E-state index contributed by atoms with van der Waals surface area (Å²) in [6.07, 6.45) is 16.7. The highest BCUT2D eigenvalue weighted by Crippen LogP contribution is 2.37. The first kappa shape index (κ1) is 19.0. The van der Waals surface area contributed by atoms with E-state index in [9.17, 15) is 0 Å². The van der Waals surface area contributed by atoms with Crippen molar-refractivity contribution in [1.29, 1.82) is 0 Å². The summed E-state index contributed by atoms with van der Waals surface area (Å²) in [7, 11) is 0. The SMILES string of the molecule is C=CCCCOCc1ccc(C2CCC(CCC=CC)CC2)cc1. The molecule has 1 fully saturated rings.